The first-order valence-electron chi connectivity index (χ1n) is 3.53. The monoisotopic (exact) mass is 288 g/mol. The average molecular weight is 289 g/mol. The predicted molar refractivity (Wildman–Crippen MR) is 52.0 cm³/mol. The third kappa shape index (κ3) is 2.87. The van der Waals surface area contributed by atoms with Gasteiger partial charge in [0.1, 0.15) is 3.61 Å². The number of ether oxygens (including phenoxy) is 1. The van der Waals surface area contributed by atoms with Gasteiger partial charge in [0.2, 0.25) is 5.24 Å². The van der Waals surface area contributed by atoms with Crippen molar-refractivity contribution in [1.29, 1.82) is 0 Å². The van der Waals surface area contributed by atoms with Crippen LogP contribution in [0.2, 0.25) is 0 Å². The van der Waals surface area contributed by atoms with Gasteiger partial charge in [-0.2, -0.15) is 0 Å². The summed E-state index contributed by atoms with van der Waals surface area (Å²) >= 11 is 7.59. The number of halogens is 2. The summed E-state index contributed by atoms with van der Waals surface area (Å²) in [6.07, 6.45) is 1.50. The van der Waals surface area contributed by atoms with Gasteiger partial charge in [-0.25, -0.2) is 0 Å². The summed E-state index contributed by atoms with van der Waals surface area (Å²) in [5, 5.41) is -0.226. The van der Waals surface area contributed by atoms with E-state index in [1.54, 1.807) is 0 Å². The Labute approximate surface area is 84.8 Å². The molecule has 1 aliphatic rings. The molecule has 1 fully saturated rings. The van der Waals surface area contributed by atoms with Crippen LogP contribution in [-0.4, -0.2) is 15.5 Å². The lowest BCUT2D eigenvalue weighted by Gasteiger charge is -2.32. The summed E-state index contributed by atoms with van der Waals surface area (Å²) < 4.78 is 5.22. The highest BCUT2D eigenvalue weighted by molar-refractivity contribution is 14.1. The van der Waals surface area contributed by atoms with E-state index in [4.69, 9.17) is 16.3 Å². The van der Waals surface area contributed by atoms with E-state index in [0.29, 0.717) is 6.61 Å². The number of rotatable bonds is 1. The van der Waals surface area contributed by atoms with Gasteiger partial charge < -0.3 is 4.74 Å². The van der Waals surface area contributed by atoms with Crippen molar-refractivity contribution >= 4 is 39.4 Å². The van der Waals surface area contributed by atoms with Gasteiger partial charge in [0.15, 0.2) is 0 Å². The van der Waals surface area contributed by atoms with Crippen LogP contribution in [0.3, 0.4) is 0 Å². The van der Waals surface area contributed by atoms with Crippen molar-refractivity contribution in [3.05, 3.63) is 0 Å². The van der Waals surface area contributed by atoms with Gasteiger partial charge in [0.25, 0.3) is 0 Å². The number of hydrogen-bond donors (Lipinski definition) is 0. The molecule has 2 unspecified atom stereocenters. The van der Waals surface area contributed by atoms with Gasteiger partial charge in [-0.3, -0.25) is 4.79 Å². The van der Waals surface area contributed by atoms with Crippen molar-refractivity contribution < 1.29 is 9.53 Å². The summed E-state index contributed by atoms with van der Waals surface area (Å²) in [5.74, 6) is -0.00711. The Morgan fingerprint density at radius 3 is 2.82 bits per heavy atom. The van der Waals surface area contributed by atoms with Gasteiger partial charge in [0.05, 0.1) is 0 Å². The topological polar surface area (TPSA) is 26.3 Å². The van der Waals surface area contributed by atoms with E-state index < -0.39 is 0 Å². The minimum absolute atomic E-state index is 0.00711. The van der Waals surface area contributed by atoms with Gasteiger partial charge >= 0.3 is 0 Å². The second-order valence-electron chi connectivity index (χ2n) is 2.94. The first-order valence-corrected chi connectivity index (χ1v) is 4.99. The van der Waals surface area contributed by atoms with Crippen LogP contribution in [0.4, 0.5) is 0 Å². The highest BCUT2D eigenvalue weighted by Gasteiger charge is 2.33. The third-order valence-corrected chi connectivity index (χ3v) is 2.86. The van der Waals surface area contributed by atoms with Gasteiger partial charge in [-0.05, 0) is 54.0 Å². The lowest BCUT2D eigenvalue weighted by atomic mass is 9.98. The quantitative estimate of drug-likeness (QED) is 0.420. The second kappa shape index (κ2) is 3.58. The Balaban J connectivity index is 2.53. The molecule has 1 saturated heterocycles. The Hall–Kier alpha value is 0.650. The van der Waals surface area contributed by atoms with E-state index in [-0.39, 0.29) is 14.8 Å². The van der Waals surface area contributed by atoms with Crippen molar-refractivity contribution in [2.45, 2.75) is 23.4 Å². The molecule has 0 amide bonds. The first kappa shape index (κ1) is 9.74. The standard InChI is InChI=1S/C7H10ClIO2/c1-7(9)4-5(6(8)10)2-3-11-7/h5H,2-4H2,1H3. The molecular formula is C7H10ClIO2. The fourth-order valence-electron chi connectivity index (χ4n) is 1.21. The lowest BCUT2D eigenvalue weighted by Crippen LogP contribution is -2.33. The summed E-state index contributed by atoms with van der Waals surface area (Å²) in [6, 6.07) is 0. The minimum Gasteiger partial charge on any atom is -0.365 e. The lowest BCUT2D eigenvalue weighted by molar-refractivity contribution is -0.120. The van der Waals surface area contributed by atoms with Crippen molar-refractivity contribution in [1.82, 2.24) is 0 Å². The van der Waals surface area contributed by atoms with Crippen molar-refractivity contribution in [2.75, 3.05) is 6.61 Å². The Morgan fingerprint density at radius 2 is 2.45 bits per heavy atom. The molecule has 4 heteroatoms. The fourth-order valence-corrected chi connectivity index (χ4v) is 2.15. The Morgan fingerprint density at radius 1 is 1.82 bits per heavy atom. The zero-order valence-corrected chi connectivity index (χ0v) is 9.18. The van der Waals surface area contributed by atoms with Gasteiger partial charge in [0, 0.05) is 12.5 Å². The molecule has 0 spiro atoms. The van der Waals surface area contributed by atoms with Crippen LogP contribution in [0.5, 0.6) is 0 Å². The van der Waals surface area contributed by atoms with Crippen LogP contribution in [0.25, 0.3) is 0 Å². The van der Waals surface area contributed by atoms with E-state index in [2.05, 4.69) is 22.6 Å². The van der Waals surface area contributed by atoms with E-state index >= 15 is 0 Å². The van der Waals surface area contributed by atoms with Crippen molar-refractivity contribution in [2.24, 2.45) is 5.92 Å². The van der Waals surface area contributed by atoms with E-state index in [1.807, 2.05) is 6.92 Å². The van der Waals surface area contributed by atoms with Crippen molar-refractivity contribution in [3.63, 3.8) is 0 Å². The van der Waals surface area contributed by atoms with E-state index in [1.165, 1.54) is 0 Å². The first-order chi connectivity index (χ1) is 5.01. The average Bonchev–Trinajstić information content (AvgIpc) is 1.85. The van der Waals surface area contributed by atoms with Crippen LogP contribution < -0.4 is 0 Å². The Bertz CT molecular complexity index is 170. The van der Waals surface area contributed by atoms with Crippen LogP contribution in [-0.2, 0) is 9.53 Å². The molecule has 0 aromatic rings. The summed E-state index contributed by atoms with van der Waals surface area (Å²) in [5.41, 5.74) is 0. The normalized spacial score (nSPS) is 38.6. The molecule has 2 nitrogen and oxygen atoms in total. The van der Waals surface area contributed by atoms with E-state index in [0.717, 1.165) is 12.8 Å². The molecule has 0 saturated carbocycles. The molecule has 0 bridgehead atoms. The maximum atomic E-state index is 10.8. The summed E-state index contributed by atoms with van der Waals surface area (Å²) in [4.78, 5) is 10.8. The molecule has 1 rings (SSSR count). The zero-order chi connectivity index (χ0) is 8.48. The zero-order valence-electron chi connectivity index (χ0n) is 6.27. The largest absolute Gasteiger partial charge is 0.365 e. The van der Waals surface area contributed by atoms with Crippen LogP contribution in [0.15, 0.2) is 0 Å². The molecular weight excluding hydrogens is 278 g/mol. The SMILES string of the molecule is CC1(I)CC(C(=O)Cl)CCO1. The predicted octanol–water partition coefficient (Wildman–Crippen LogP) is 2.33. The second-order valence-corrected chi connectivity index (χ2v) is 5.60. The molecule has 2 atom stereocenters. The van der Waals surface area contributed by atoms with E-state index in [9.17, 15) is 4.79 Å². The number of alkyl halides is 1. The summed E-state index contributed by atoms with van der Waals surface area (Å²) in [7, 11) is 0. The molecule has 0 radical (unpaired) electrons. The molecule has 0 aliphatic carbocycles. The van der Waals surface area contributed by atoms with Crippen LogP contribution >= 0.6 is 34.2 Å². The van der Waals surface area contributed by atoms with Gasteiger partial charge in [-0.15, -0.1) is 0 Å². The Kier molecular flexibility index (Phi) is 3.17. The highest BCUT2D eigenvalue weighted by Crippen LogP contribution is 2.35. The summed E-state index contributed by atoms with van der Waals surface area (Å²) in [6.45, 7) is 2.61. The molecule has 1 aliphatic heterocycles. The molecule has 0 N–H and O–H groups in total. The molecule has 0 aromatic heterocycles. The molecule has 1 heterocycles. The third-order valence-electron chi connectivity index (χ3n) is 1.80. The minimum atomic E-state index is -0.226. The number of carbonyl (C=O) groups excluding carboxylic acids is 1. The fraction of sp³-hybridized carbons (Fsp3) is 0.857. The number of carbonyl (C=O) groups is 1. The van der Waals surface area contributed by atoms with Gasteiger partial charge in [-0.1, -0.05) is 0 Å². The smallest absolute Gasteiger partial charge is 0.224 e. The maximum Gasteiger partial charge on any atom is 0.224 e. The molecule has 0 aromatic carbocycles. The van der Waals surface area contributed by atoms with Crippen LogP contribution in [0, 0.1) is 5.92 Å². The maximum absolute atomic E-state index is 10.8. The van der Waals surface area contributed by atoms with Crippen molar-refractivity contribution in [3.8, 4) is 0 Å². The molecule has 64 valence electrons. The number of hydrogen-bond acceptors (Lipinski definition) is 2. The molecule has 11 heavy (non-hydrogen) atoms. The highest BCUT2D eigenvalue weighted by atomic mass is 127. The van der Waals surface area contributed by atoms with Crippen LogP contribution in [0.1, 0.15) is 19.8 Å².